The van der Waals surface area contributed by atoms with Crippen LogP contribution in [0.5, 0.6) is 23.0 Å². The zero-order valence-corrected chi connectivity index (χ0v) is 18.6. The molecule has 172 valence electrons. The van der Waals surface area contributed by atoms with Gasteiger partial charge in [-0.2, -0.15) is 0 Å². The van der Waals surface area contributed by atoms with Gasteiger partial charge in [-0.15, -0.1) is 0 Å². The summed E-state index contributed by atoms with van der Waals surface area (Å²) in [6.07, 6.45) is 2.20. The largest absolute Gasteiger partial charge is 0.496 e. The first-order valence-electron chi connectivity index (χ1n) is 10.9. The fourth-order valence-electron chi connectivity index (χ4n) is 4.65. The maximum atomic E-state index is 13.3. The number of carbonyl (C=O) groups is 1. The third kappa shape index (κ3) is 3.86. The molecule has 0 aliphatic carbocycles. The third-order valence-corrected chi connectivity index (χ3v) is 6.30. The number of rotatable bonds is 6. The molecule has 0 bridgehead atoms. The number of fused-ring (bicyclic) bond motifs is 2. The van der Waals surface area contributed by atoms with E-state index < -0.39 is 11.5 Å². The van der Waals surface area contributed by atoms with Gasteiger partial charge in [0.1, 0.15) is 17.1 Å². The number of ether oxygens (including phenoxy) is 4. The first kappa shape index (κ1) is 21.2. The fraction of sp³-hybridized carbons (Fsp3) is 0.360. The third-order valence-electron chi connectivity index (χ3n) is 6.30. The molecule has 3 heterocycles. The summed E-state index contributed by atoms with van der Waals surface area (Å²) in [6, 6.07) is 10.4. The van der Waals surface area contributed by atoms with Crippen LogP contribution in [0.3, 0.4) is 0 Å². The van der Waals surface area contributed by atoms with Crippen molar-refractivity contribution in [2.75, 3.05) is 34.1 Å². The second-order valence-electron chi connectivity index (χ2n) is 8.15. The highest BCUT2D eigenvalue weighted by Gasteiger charge is 2.31. The molecule has 0 unspecified atom stereocenters. The Bertz CT molecular complexity index is 1260. The van der Waals surface area contributed by atoms with E-state index in [4.69, 9.17) is 23.4 Å². The van der Waals surface area contributed by atoms with Crippen LogP contribution in [0.15, 0.2) is 45.6 Å². The van der Waals surface area contributed by atoms with E-state index in [1.165, 1.54) is 6.07 Å². The van der Waals surface area contributed by atoms with E-state index in [-0.39, 0.29) is 19.1 Å². The molecular weight excluding hydrogens is 426 g/mol. The summed E-state index contributed by atoms with van der Waals surface area (Å²) in [7, 11) is 3.09. The maximum Gasteiger partial charge on any atom is 0.336 e. The highest BCUT2D eigenvalue weighted by molar-refractivity contribution is 5.90. The van der Waals surface area contributed by atoms with Gasteiger partial charge in [-0.3, -0.25) is 4.79 Å². The first-order chi connectivity index (χ1) is 16.1. The summed E-state index contributed by atoms with van der Waals surface area (Å²) in [5.74, 6) is 1.86. The molecule has 2 aliphatic rings. The van der Waals surface area contributed by atoms with E-state index in [0.29, 0.717) is 39.5 Å². The van der Waals surface area contributed by atoms with Crippen LogP contribution in [0.25, 0.3) is 11.0 Å². The van der Waals surface area contributed by atoms with Crippen LogP contribution < -0.4 is 24.6 Å². The molecular formula is C25H25NO7. The van der Waals surface area contributed by atoms with Gasteiger partial charge >= 0.3 is 5.63 Å². The minimum atomic E-state index is -0.491. The molecule has 1 aromatic heterocycles. The molecule has 8 nitrogen and oxygen atoms in total. The topological polar surface area (TPSA) is 87.4 Å². The normalized spacial score (nSPS) is 15.6. The molecule has 1 fully saturated rings. The zero-order valence-electron chi connectivity index (χ0n) is 18.6. The van der Waals surface area contributed by atoms with Gasteiger partial charge in [0.25, 0.3) is 0 Å². The lowest BCUT2D eigenvalue weighted by molar-refractivity contribution is -0.130. The average Bonchev–Trinajstić information content (AvgIpc) is 3.53. The van der Waals surface area contributed by atoms with Gasteiger partial charge in [-0.05, 0) is 36.6 Å². The molecule has 8 heteroatoms. The van der Waals surface area contributed by atoms with Crippen molar-refractivity contribution < 1.29 is 28.2 Å². The second-order valence-corrected chi connectivity index (χ2v) is 8.15. The fourth-order valence-corrected chi connectivity index (χ4v) is 4.65. The average molecular weight is 451 g/mol. The summed E-state index contributed by atoms with van der Waals surface area (Å²) in [4.78, 5) is 27.4. The lowest BCUT2D eigenvalue weighted by Gasteiger charge is -2.24. The molecule has 1 atom stereocenters. The van der Waals surface area contributed by atoms with Crippen molar-refractivity contribution in [2.24, 2.45) is 0 Å². The van der Waals surface area contributed by atoms with E-state index >= 15 is 0 Å². The van der Waals surface area contributed by atoms with Crippen LogP contribution in [0.4, 0.5) is 0 Å². The second kappa shape index (κ2) is 8.69. The summed E-state index contributed by atoms with van der Waals surface area (Å²) in [5.41, 5.74) is 1.31. The number of hydrogen-bond acceptors (Lipinski definition) is 7. The number of carbonyl (C=O) groups excluding carboxylic acids is 1. The molecule has 0 radical (unpaired) electrons. The maximum absolute atomic E-state index is 13.3. The van der Waals surface area contributed by atoms with Crippen molar-refractivity contribution in [1.82, 2.24) is 4.90 Å². The van der Waals surface area contributed by atoms with E-state index in [1.54, 1.807) is 26.4 Å². The minimum Gasteiger partial charge on any atom is -0.496 e. The standard InChI is InChI=1S/C25H25NO7/c1-29-19-13-21(30-2)24(25-16(19)6-8-23(28)33-25)17(12-22(27)26-9-3-4-10-26)15-5-7-18-20(11-15)32-14-31-18/h5-8,11,13,17H,3-4,9-10,12,14H2,1-2H3/t17-/m1/s1. The van der Waals surface area contributed by atoms with Crippen LogP contribution >= 0.6 is 0 Å². The van der Waals surface area contributed by atoms with Crippen LogP contribution in [0.1, 0.15) is 36.3 Å². The van der Waals surface area contributed by atoms with Gasteiger partial charge in [0.2, 0.25) is 12.7 Å². The Morgan fingerprint density at radius 3 is 2.52 bits per heavy atom. The van der Waals surface area contributed by atoms with Crippen molar-refractivity contribution in [3.63, 3.8) is 0 Å². The predicted octanol–water partition coefficient (Wildman–Crippen LogP) is 3.68. The highest BCUT2D eigenvalue weighted by Crippen LogP contribution is 2.45. The predicted molar refractivity (Wildman–Crippen MR) is 120 cm³/mol. The van der Waals surface area contributed by atoms with E-state index in [9.17, 15) is 9.59 Å². The summed E-state index contributed by atoms with van der Waals surface area (Å²) in [6.45, 7) is 1.66. The Morgan fingerprint density at radius 1 is 1.00 bits per heavy atom. The van der Waals surface area contributed by atoms with Gasteiger partial charge in [-0.25, -0.2) is 4.79 Å². The summed E-state index contributed by atoms with van der Waals surface area (Å²) >= 11 is 0. The van der Waals surface area contributed by atoms with Gasteiger partial charge in [-0.1, -0.05) is 6.07 Å². The molecule has 2 aromatic carbocycles. The Hall–Kier alpha value is -3.68. The molecule has 0 N–H and O–H groups in total. The zero-order chi connectivity index (χ0) is 22.9. The van der Waals surface area contributed by atoms with E-state index in [0.717, 1.165) is 31.5 Å². The molecule has 3 aromatic rings. The smallest absolute Gasteiger partial charge is 0.336 e. The molecule has 33 heavy (non-hydrogen) atoms. The lowest BCUT2D eigenvalue weighted by atomic mass is 9.85. The monoisotopic (exact) mass is 451 g/mol. The quantitative estimate of drug-likeness (QED) is 0.528. The van der Waals surface area contributed by atoms with Crippen LogP contribution in [-0.2, 0) is 4.79 Å². The van der Waals surface area contributed by atoms with Crippen molar-refractivity contribution in [2.45, 2.75) is 25.2 Å². The Labute approximate surface area is 190 Å². The molecule has 5 rings (SSSR count). The molecule has 1 saturated heterocycles. The molecule has 0 saturated carbocycles. The van der Waals surface area contributed by atoms with Crippen molar-refractivity contribution in [1.29, 1.82) is 0 Å². The number of methoxy groups -OCH3 is 2. The number of benzene rings is 2. The molecule has 1 amide bonds. The van der Waals surface area contributed by atoms with Gasteiger partial charge in [0.15, 0.2) is 11.5 Å². The Kier molecular flexibility index (Phi) is 5.58. The first-order valence-corrected chi connectivity index (χ1v) is 10.9. The molecule has 2 aliphatic heterocycles. The lowest BCUT2D eigenvalue weighted by Crippen LogP contribution is -2.29. The Balaban J connectivity index is 1.71. The number of amides is 1. The highest BCUT2D eigenvalue weighted by atomic mass is 16.7. The van der Waals surface area contributed by atoms with Crippen molar-refractivity contribution >= 4 is 16.9 Å². The van der Waals surface area contributed by atoms with Crippen LogP contribution in [-0.4, -0.2) is 44.9 Å². The van der Waals surface area contributed by atoms with Gasteiger partial charge in [0.05, 0.1) is 19.6 Å². The minimum absolute atomic E-state index is 0.0412. The van der Waals surface area contributed by atoms with E-state index in [1.807, 2.05) is 23.1 Å². The SMILES string of the molecule is COc1cc(OC)c2ccc(=O)oc2c1[C@H](CC(=O)N1CCCC1)c1ccc2c(c1)OCO2. The van der Waals surface area contributed by atoms with Crippen molar-refractivity contribution in [3.8, 4) is 23.0 Å². The number of likely N-dealkylation sites (tertiary alicyclic amines) is 1. The van der Waals surface area contributed by atoms with Crippen molar-refractivity contribution in [3.05, 3.63) is 57.9 Å². The summed E-state index contributed by atoms with van der Waals surface area (Å²) < 4.78 is 28.0. The van der Waals surface area contributed by atoms with Gasteiger partial charge in [0, 0.05) is 43.1 Å². The Morgan fingerprint density at radius 2 is 1.76 bits per heavy atom. The van der Waals surface area contributed by atoms with Gasteiger partial charge < -0.3 is 28.3 Å². The van der Waals surface area contributed by atoms with E-state index in [2.05, 4.69) is 0 Å². The number of nitrogens with zero attached hydrogens (tertiary/aromatic N) is 1. The molecule has 0 spiro atoms. The number of hydrogen-bond donors (Lipinski definition) is 0. The van der Waals surface area contributed by atoms with Crippen LogP contribution in [0.2, 0.25) is 0 Å². The van der Waals surface area contributed by atoms with Crippen LogP contribution in [0, 0.1) is 0 Å². The summed E-state index contributed by atoms with van der Waals surface area (Å²) in [5, 5.41) is 0.632.